The van der Waals surface area contributed by atoms with Crippen molar-refractivity contribution in [2.24, 2.45) is 9.98 Å². The molecule has 4 fully saturated rings. The number of halogens is 8. The molecule has 0 aromatic heterocycles. The van der Waals surface area contributed by atoms with E-state index >= 15 is 0 Å². The number of carbonyl (C=O) groups is 4. The van der Waals surface area contributed by atoms with Crippen LogP contribution in [-0.2, 0) is 29.6 Å². The van der Waals surface area contributed by atoms with Gasteiger partial charge in [-0.25, -0.2) is 30.4 Å². The number of likely N-dealkylation sites (tertiary alicyclic amines) is 1. The van der Waals surface area contributed by atoms with E-state index in [1.165, 1.54) is 62.1 Å². The maximum absolute atomic E-state index is 13.6. The monoisotopic (exact) mass is 1260 g/mol. The first kappa shape index (κ1) is 65.4. The van der Waals surface area contributed by atoms with E-state index in [4.69, 9.17) is 0 Å². The number of rotatable bonds is 12. The largest absolute Gasteiger partial charge is 0.573 e. The van der Waals surface area contributed by atoms with E-state index in [2.05, 4.69) is 35.4 Å². The van der Waals surface area contributed by atoms with Gasteiger partial charge in [-0.1, -0.05) is 24.3 Å². The van der Waals surface area contributed by atoms with Crippen molar-refractivity contribution in [2.45, 2.75) is 102 Å². The number of amides is 3. The van der Waals surface area contributed by atoms with Gasteiger partial charge in [-0.15, -0.1) is 26.3 Å². The molecule has 29 heteroatoms. The van der Waals surface area contributed by atoms with Crippen molar-refractivity contribution >= 4 is 67.6 Å². The summed E-state index contributed by atoms with van der Waals surface area (Å²) < 4.78 is 164. The summed E-state index contributed by atoms with van der Waals surface area (Å²) in [5.74, 6) is -2.97. The highest BCUT2D eigenvalue weighted by atomic mass is 32.2. The van der Waals surface area contributed by atoms with Crippen LogP contribution < -0.4 is 25.4 Å². The van der Waals surface area contributed by atoms with Crippen LogP contribution in [0.5, 0.6) is 11.5 Å². The molecule has 3 amide bonds. The van der Waals surface area contributed by atoms with Crippen LogP contribution in [0.2, 0.25) is 0 Å². The minimum absolute atomic E-state index is 0.00398. The Hall–Kier alpha value is -7.60. The Morgan fingerprint density at radius 1 is 0.621 bits per heavy atom. The molecule has 2 atom stereocenters. The third-order valence-electron chi connectivity index (χ3n) is 15.4. The number of carboxylic acid groups (broad SMARTS) is 1. The molecule has 0 unspecified atom stereocenters. The number of carboxylic acids is 1. The lowest BCUT2D eigenvalue weighted by molar-refractivity contribution is -0.275. The van der Waals surface area contributed by atoms with Crippen LogP contribution in [0, 0.1) is 27.7 Å². The Morgan fingerprint density at radius 2 is 1.03 bits per heavy atom. The minimum atomic E-state index is -4.87. The van der Waals surface area contributed by atoms with Gasteiger partial charge in [0.15, 0.2) is 0 Å². The highest BCUT2D eigenvalue weighted by molar-refractivity contribution is 7.92. The molecule has 6 aliphatic rings. The van der Waals surface area contributed by atoms with Gasteiger partial charge >= 0.3 is 18.7 Å². The van der Waals surface area contributed by atoms with Crippen LogP contribution in [0.25, 0.3) is 12.2 Å². The summed E-state index contributed by atoms with van der Waals surface area (Å²) in [7, 11) is -7.74. The Balaban J connectivity index is 0.000000207. The fraction of sp³-hybridized carbons (Fsp3) is 0.414. The molecule has 6 heterocycles. The quantitative estimate of drug-likeness (QED) is 0.0985. The Morgan fingerprint density at radius 3 is 1.37 bits per heavy atom. The average molecular weight is 1260 g/mol. The maximum atomic E-state index is 13.6. The summed E-state index contributed by atoms with van der Waals surface area (Å²) >= 11 is 0. The first-order chi connectivity index (χ1) is 40.7. The van der Waals surface area contributed by atoms with E-state index in [0.29, 0.717) is 64.9 Å². The number of hydrogen-bond donors (Lipinski definition) is 4. The average Bonchev–Trinajstić information content (AvgIpc) is 1.83. The van der Waals surface area contributed by atoms with Gasteiger partial charge in [-0.2, -0.15) is 8.61 Å². The highest BCUT2D eigenvalue weighted by Gasteiger charge is 2.49. The molecule has 0 saturated carbocycles. The molecule has 4 saturated heterocycles. The van der Waals surface area contributed by atoms with Gasteiger partial charge in [-0.05, 0) is 167 Å². The van der Waals surface area contributed by atoms with Crippen molar-refractivity contribution in [1.82, 2.24) is 29.5 Å². The van der Waals surface area contributed by atoms with Gasteiger partial charge in [-0.3, -0.25) is 24.4 Å². The van der Waals surface area contributed by atoms with Crippen LogP contribution in [0.1, 0.15) is 104 Å². The van der Waals surface area contributed by atoms with E-state index in [1.54, 1.807) is 39.8 Å². The number of carbonyl (C=O) groups excluding carboxylic acids is 3. The molecule has 4 aromatic rings. The predicted molar refractivity (Wildman–Crippen MR) is 305 cm³/mol. The molecule has 19 nitrogen and oxygen atoms in total. The second-order valence-electron chi connectivity index (χ2n) is 21.6. The summed E-state index contributed by atoms with van der Waals surface area (Å²) in [5.41, 5.74) is 2.36. The van der Waals surface area contributed by atoms with E-state index < -0.39 is 85.5 Å². The predicted octanol–water partition coefficient (Wildman–Crippen LogP) is 8.03. The summed E-state index contributed by atoms with van der Waals surface area (Å²) in [6, 6.07) is 16.4. The molecule has 0 bridgehead atoms. The molecule has 0 aliphatic carbocycles. The third kappa shape index (κ3) is 16.1. The number of piperidine rings is 2. The normalized spacial score (nSPS) is 20.6. The SMILES string of the molecule is Cc1cc(C(=O)N2CC[C@@H](F)C2)cc(C)c1/C=C/S(=O)(=O)N1CCC2(CC1)N=C(c1cccc(OC(F)(F)F)c1)NC2=O.Cc1cc(C(=O)O)cc(C)c1/C=C/S(=O)(=O)N1CCC2(CC1)N=C(c1cccc(OC(F)(F)F)c1)NC2=O.F[C@@H]1CCNC1. The lowest BCUT2D eigenvalue weighted by Gasteiger charge is -2.34. The smallest absolute Gasteiger partial charge is 0.478 e. The molecule has 87 heavy (non-hydrogen) atoms. The summed E-state index contributed by atoms with van der Waals surface area (Å²) in [5, 5.41) is 19.4. The Kier molecular flexibility index (Phi) is 19.5. The Bertz CT molecular complexity index is 3620. The molecule has 4 aromatic carbocycles. The zero-order valence-electron chi connectivity index (χ0n) is 47.4. The van der Waals surface area contributed by atoms with Gasteiger partial charge < -0.3 is 35.4 Å². The van der Waals surface area contributed by atoms with Crippen LogP contribution in [0.3, 0.4) is 0 Å². The number of benzene rings is 4. The van der Waals surface area contributed by atoms with Crippen LogP contribution in [-0.4, -0.2) is 159 Å². The molecule has 468 valence electrons. The molecular formula is C58H62F8N8O11S2. The van der Waals surface area contributed by atoms with Crippen molar-refractivity contribution in [2.75, 3.05) is 52.4 Å². The number of aliphatic imine (C=N–C) groups is 2. The number of amidine groups is 2. The van der Waals surface area contributed by atoms with Gasteiger partial charge in [0.05, 0.1) is 12.1 Å². The van der Waals surface area contributed by atoms with E-state index in [9.17, 15) is 76.2 Å². The van der Waals surface area contributed by atoms with Crippen molar-refractivity contribution in [3.8, 4) is 11.5 Å². The number of aryl methyl sites for hydroxylation is 4. The highest BCUT2D eigenvalue weighted by Crippen LogP contribution is 2.36. The van der Waals surface area contributed by atoms with Gasteiger partial charge in [0.1, 0.15) is 46.6 Å². The lowest BCUT2D eigenvalue weighted by Crippen LogP contribution is -2.50. The summed E-state index contributed by atoms with van der Waals surface area (Å²) in [4.78, 5) is 60.1. The number of ether oxygens (including phenoxy) is 2. The number of hydrogen-bond acceptors (Lipinski definition) is 13. The number of nitrogens with zero attached hydrogens (tertiary/aromatic N) is 5. The summed E-state index contributed by atoms with van der Waals surface area (Å²) in [6.07, 6.45) is -7.09. The van der Waals surface area contributed by atoms with Crippen LogP contribution in [0.15, 0.2) is 93.6 Å². The van der Waals surface area contributed by atoms with Crippen molar-refractivity contribution in [3.63, 3.8) is 0 Å². The molecular weight excluding hydrogens is 1200 g/mol. The van der Waals surface area contributed by atoms with E-state index in [1.807, 2.05) is 0 Å². The molecule has 0 radical (unpaired) electrons. The first-order valence-corrected chi connectivity index (χ1v) is 30.4. The molecule has 4 N–H and O–H groups in total. The van der Waals surface area contributed by atoms with E-state index in [0.717, 1.165) is 41.6 Å². The first-order valence-electron chi connectivity index (χ1n) is 27.4. The number of nitrogens with one attached hydrogen (secondary N) is 3. The van der Waals surface area contributed by atoms with Crippen molar-refractivity contribution in [3.05, 3.63) is 139 Å². The molecule has 2 spiro atoms. The summed E-state index contributed by atoms with van der Waals surface area (Å²) in [6.45, 7) is 8.78. The zero-order valence-corrected chi connectivity index (χ0v) is 49.0. The fourth-order valence-corrected chi connectivity index (χ4v) is 13.1. The van der Waals surface area contributed by atoms with Gasteiger partial charge in [0.2, 0.25) is 20.0 Å². The topological polar surface area (TPSA) is 246 Å². The van der Waals surface area contributed by atoms with Crippen LogP contribution in [0.4, 0.5) is 35.1 Å². The second kappa shape index (κ2) is 26.0. The van der Waals surface area contributed by atoms with Crippen molar-refractivity contribution < 1.29 is 85.7 Å². The molecule has 10 rings (SSSR count). The zero-order chi connectivity index (χ0) is 63.4. The van der Waals surface area contributed by atoms with Gasteiger partial charge in [0.25, 0.3) is 17.7 Å². The number of alkyl halides is 8. The lowest BCUT2D eigenvalue weighted by atomic mass is 9.89. The number of sulfonamides is 2. The third-order valence-corrected chi connectivity index (χ3v) is 18.5. The molecule has 6 aliphatic heterocycles. The van der Waals surface area contributed by atoms with E-state index in [-0.39, 0.29) is 92.7 Å². The number of aromatic carboxylic acids is 1. The van der Waals surface area contributed by atoms with Crippen LogP contribution >= 0.6 is 0 Å². The standard InChI is InChI=1S/C29H30F4N4O5S.C25H24F3N3O6S.C4H8FN/c1-18-14-21(26(38)36-10-6-22(30)17-36)15-19(2)24(18)7-13-43(40,41)37-11-8-28(9-12-37)27(39)34-25(35-28)20-4-3-5-23(16-20)42-29(31,32)33;1-15-12-18(22(32)33)13-16(2)20(15)6-11-38(35,36)31-9-7-24(8-10-31)23(34)29-21(30-24)17-4-3-5-19(14-17)37-25(26,27)28;5-4-1-2-6-3-4/h3-5,7,13-16,22H,6,8-12,17H2,1-2H3,(H,34,35,39);3-6,11-14H,7-10H2,1-2H3,(H,32,33)(H,29,30,34);4,6H,1-3H2/b13-7+;11-6+;/t22-;;4-/m1.1/s1. The second-order valence-corrected chi connectivity index (χ2v) is 25.3. The fourth-order valence-electron chi connectivity index (χ4n) is 10.8. The maximum Gasteiger partial charge on any atom is 0.573 e. The van der Waals surface area contributed by atoms with Gasteiger partial charge in [0, 0.05) is 66.8 Å². The minimum Gasteiger partial charge on any atom is -0.478 e. The van der Waals surface area contributed by atoms with Crippen molar-refractivity contribution in [1.29, 1.82) is 0 Å². The Labute approximate surface area is 496 Å².